The summed E-state index contributed by atoms with van der Waals surface area (Å²) >= 11 is 3.47. The molecule has 0 saturated carbocycles. The van der Waals surface area contributed by atoms with Gasteiger partial charge in [-0.15, -0.1) is 0 Å². The number of carbonyl (C=O) groups is 1. The number of benzene rings is 2. The number of aliphatic hydroxyl groups is 1. The Bertz CT molecular complexity index is 618. The maximum atomic E-state index is 11.8. The van der Waals surface area contributed by atoms with Crippen molar-refractivity contribution in [3.05, 3.63) is 71.8 Å². The minimum atomic E-state index is -1.23. The highest BCUT2D eigenvalue weighted by Crippen LogP contribution is 2.20. The van der Waals surface area contributed by atoms with E-state index < -0.39 is 12.1 Å². The molecule has 2 rings (SSSR count). The maximum absolute atomic E-state index is 11.8. The first-order valence-corrected chi connectivity index (χ1v) is 9.46. The summed E-state index contributed by atoms with van der Waals surface area (Å²) in [6.45, 7) is 0.861. The van der Waals surface area contributed by atoms with Crippen molar-refractivity contribution in [1.29, 1.82) is 0 Å². The fourth-order valence-electron chi connectivity index (χ4n) is 2.35. The van der Waals surface area contributed by atoms with Gasteiger partial charge < -0.3 is 14.6 Å². The van der Waals surface area contributed by atoms with Crippen LogP contribution in [0.4, 0.5) is 0 Å². The predicted molar refractivity (Wildman–Crippen MR) is 101 cm³/mol. The summed E-state index contributed by atoms with van der Waals surface area (Å²) in [5, 5.41) is 10.6. The molecule has 0 bridgehead atoms. The summed E-state index contributed by atoms with van der Waals surface area (Å²) < 4.78 is 11.0. The molecule has 2 atom stereocenters. The average molecular weight is 407 g/mol. The lowest BCUT2D eigenvalue weighted by Gasteiger charge is -2.16. The molecule has 4 nitrogen and oxygen atoms in total. The molecule has 1 unspecified atom stereocenters. The normalized spacial score (nSPS) is 13.2. The zero-order chi connectivity index (χ0) is 17.9. The standard InChI is InChI=1S/C20H23BrO4/c21-15-18(16-9-3-1-4-10-16)24-13-7-8-14-25-20(23)19(22)17-11-5-2-6-12-17/h1-6,9-12,18-19,22H,7-8,13-15H2/t18?,19-/m1/s1. The third kappa shape index (κ3) is 6.61. The molecule has 0 aliphatic carbocycles. The number of aliphatic hydroxyl groups excluding tert-OH is 1. The molecule has 0 spiro atoms. The molecule has 0 radical (unpaired) electrons. The van der Waals surface area contributed by atoms with E-state index >= 15 is 0 Å². The Labute approximate surface area is 156 Å². The Morgan fingerprint density at radius 1 is 0.920 bits per heavy atom. The van der Waals surface area contributed by atoms with Gasteiger partial charge in [-0.1, -0.05) is 76.6 Å². The van der Waals surface area contributed by atoms with Crippen molar-refractivity contribution in [3.63, 3.8) is 0 Å². The minimum absolute atomic E-state index is 0.0173. The first-order chi connectivity index (χ1) is 12.2. The number of esters is 1. The van der Waals surface area contributed by atoms with Gasteiger partial charge in [-0.3, -0.25) is 0 Å². The zero-order valence-electron chi connectivity index (χ0n) is 14.0. The highest BCUT2D eigenvalue weighted by Gasteiger charge is 2.18. The first-order valence-electron chi connectivity index (χ1n) is 8.34. The van der Waals surface area contributed by atoms with Crippen LogP contribution in [0, 0.1) is 0 Å². The molecule has 2 aromatic rings. The van der Waals surface area contributed by atoms with E-state index in [1.807, 2.05) is 36.4 Å². The first kappa shape index (κ1) is 19.6. The molecule has 0 saturated heterocycles. The molecule has 0 aliphatic heterocycles. The van der Waals surface area contributed by atoms with Crippen LogP contribution in [-0.4, -0.2) is 29.6 Å². The number of hydrogen-bond donors (Lipinski definition) is 1. The Hall–Kier alpha value is -1.69. The lowest BCUT2D eigenvalue weighted by atomic mass is 10.1. The van der Waals surface area contributed by atoms with Gasteiger partial charge in [0.2, 0.25) is 0 Å². The summed E-state index contributed by atoms with van der Waals surface area (Å²) in [5.74, 6) is -0.616. The highest BCUT2D eigenvalue weighted by molar-refractivity contribution is 9.09. The Balaban J connectivity index is 1.62. The molecule has 0 aliphatic rings. The second-order valence-electron chi connectivity index (χ2n) is 5.61. The topological polar surface area (TPSA) is 55.8 Å². The van der Waals surface area contributed by atoms with Gasteiger partial charge in [0.25, 0.3) is 0 Å². The quantitative estimate of drug-likeness (QED) is 0.365. The van der Waals surface area contributed by atoms with Crippen LogP contribution in [0.2, 0.25) is 0 Å². The van der Waals surface area contributed by atoms with E-state index in [9.17, 15) is 9.90 Å². The van der Waals surface area contributed by atoms with Gasteiger partial charge in [0.1, 0.15) is 0 Å². The Morgan fingerprint density at radius 3 is 2.08 bits per heavy atom. The van der Waals surface area contributed by atoms with Crippen molar-refractivity contribution in [2.75, 3.05) is 18.5 Å². The fourth-order valence-corrected chi connectivity index (χ4v) is 2.91. The molecule has 0 aromatic heterocycles. The second-order valence-corrected chi connectivity index (χ2v) is 6.26. The van der Waals surface area contributed by atoms with Gasteiger partial charge in [-0.25, -0.2) is 4.79 Å². The van der Waals surface area contributed by atoms with Gasteiger partial charge >= 0.3 is 5.97 Å². The van der Waals surface area contributed by atoms with E-state index in [1.165, 1.54) is 0 Å². The average Bonchev–Trinajstić information content (AvgIpc) is 2.68. The minimum Gasteiger partial charge on any atom is -0.464 e. The Morgan fingerprint density at radius 2 is 1.48 bits per heavy atom. The molecule has 134 valence electrons. The third-order valence-electron chi connectivity index (χ3n) is 3.75. The van der Waals surface area contributed by atoms with Gasteiger partial charge in [0.05, 0.1) is 12.7 Å². The molecule has 25 heavy (non-hydrogen) atoms. The molecule has 5 heteroatoms. The number of rotatable bonds is 10. The summed E-state index contributed by atoms with van der Waals surface area (Å²) in [6.07, 6.45) is 0.263. The van der Waals surface area contributed by atoms with E-state index in [-0.39, 0.29) is 12.7 Å². The number of hydrogen-bond acceptors (Lipinski definition) is 4. The Kier molecular flexibility index (Phi) is 8.66. The van der Waals surface area contributed by atoms with Crippen LogP contribution < -0.4 is 0 Å². The van der Waals surface area contributed by atoms with Crippen LogP contribution in [0.15, 0.2) is 60.7 Å². The maximum Gasteiger partial charge on any atom is 0.339 e. The van der Waals surface area contributed by atoms with E-state index in [2.05, 4.69) is 15.9 Å². The summed E-state index contributed by atoms with van der Waals surface area (Å²) in [5.41, 5.74) is 1.68. The van der Waals surface area contributed by atoms with Crippen molar-refractivity contribution in [1.82, 2.24) is 0 Å². The molecule has 0 heterocycles. The monoisotopic (exact) mass is 406 g/mol. The van der Waals surface area contributed by atoms with Crippen LogP contribution in [0.5, 0.6) is 0 Å². The van der Waals surface area contributed by atoms with Crippen LogP contribution in [0.3, 0.4) is 0 Å². The summed E-state index contributed by atoms with van der Waals surface area (Å²) in [7, 11) is 0. The van der Waals surface area contributed by atoms with Crippen molar-refractivity contribution >= 4 is 21.9 Å². The number of ether oxygens (including phenoxy) is 2. The number of alkyl halides is 1. The van der Waals surface area contributed by atoms with Gasteiger partial charge in [-0.2, -0.15) is 0 Å². The van der Waals surface area contributed by atoms with Crippen LogP contribution in [0.25, 0.3) is 0 Å². The fraction of sp³-hybridized carbons (Fsp3) is 0.350. The molecule has 2 aromatic carbocycles. The van der Waals surface area contributed by atoms with Crippen LogP contribution in [0.1, 0.15) is 36.2 Å². The van der Waals surface area contributed by atoms with Crippen molar-refractivity contribution in [2.45, 2.75) is 25.0 Å². The molecule has 1 N–H and O–H groups in total. The molecule has 0 fully saturated rings. The molecular formula is C20H23BrO4. The smallest absolute Gasteiger partial charge is 0.339 e. The van der Waals surface area contributed by atoms with E-state index in [4.69, 9.17) is 9.47 Å². The molecular weight excluding hydrogens is 384 g/mol. The number of halogens is 1. The molecule has 0 amide bonds. The van der Waals surface area contributed by atoms with E-state index in [0.29, 0.717) is 18.6 Å². The lowest BCUT2D eigenvalue weighted by molar-refractivity contribution is -0.154. The van der Waals surface area contributed by atoms with E-state index in [1.54, 1.807) is 24.3 Å². The zero-order valence-corrected chi connectivity index (χ0v) is 15.6. The van der Waals surface area contributed by atoms with Crippen LogP contribution in [-0.2, 0) is 14.3 Å². The largest absolute Gasteiger partial charge is 0.464 e. The highest BCUT2D eigenvalue weighted by atomic mass is 79.9. The summed E-state index contributed by atoms with van der Waals surface area (Å²) in [6, 6.07) is 18.8. The van der Waals surface area contributed by atoms with Crippen molar-refractivity contribution in [2.24, 2.45) is 0 Å². The predicted octanol–water partition coefficient (Wildman–Crippen LogP) is 4.20. The second kappa shape index (κ2) is 11.0. The van der Waals surface area contributed by atoms with Crippen molar-refractivity contribution < 1.29 is 19.4 Å². The van der Waals surface area contributed by atoms with Gasteiger partial charge in [-0.05, 0) is 24.0 Å². The third-order valence-corrected chi connectivity index (χ3v) is 4.34. The number of carbonyl (C=O) groups excluding carboxylic acids is 1. The number of unbranched alkanes of at least 4 members (excludes halogenated alkanes) is 1. The van der Waals surface area contributed by atoms with Crippen molar-refractivity contribution in [3.8, 4) is 0 Å². The van der Waals surface area contributed by atoms with Gasteiger partial charge in [0.15, 0.2) is 6.10 Å². The lowest BCUT2D eigenvalue weighted by Crippen LogP contribution is -2.16. The van der Waals surface area contributed by atoms with Gasteiger partial charge in [0, 0.05) is 11.9 Å². The summed E-state index contributed by atoms with van der Waals surface area (Å²) in [4.78, 5) is 11.8. The van der Waals surface area contributed by atoms with Crippen LogP contribution >= 0.6 is 15.9 Å². The van der Waals surface area contributed by atoms with E-state index in [0.717, 1.165) is 17.3 Å². The SMILES string of the molecule is O=C(OCCCCOC(CBr)c1ccccc1)[C@H](O)c1ccccc1.